The maximum absolute atomic E-state index is 13.0. The number of rotatable bonds is 6. The predicted molar refractivity (Wildman–Crippen MR) is 116 cm³/mol. The van der Waals surface area contributed by atoms with Crippen molar-refractivity contribution in [1.29, 1.82) is 0 Å². The van der Waals surface area contributed by atoms with Crippen LogP contribution in [0.5, 0.6) is 0 Å². The molecule has 1 aliphatic heterocycles. The van der Waals surface area contributed by atoms with Gasteiger partial charge in [-0.25, -0.2) is 0 Å². The largest absolute Gasteiger partial charge is 0.338 e. The van der Waals surface area contributed by atoms with Crippen molar-refractivity contribution in [1.82, 2.24) is 14.7 Å². The van der Waals surface area contributed by atoms with E-state index in [4.69, 9.17) is 0 Å². The molecule has 1 saturated heterocycles. The number of hydrogen-bond acceptors (Lipinski definition) is 3. The second-order valence-corrected chi connectivity index (χ2v) is 7.89. The molecular weight excluding hydrogens is 376 g/mol. The average Bonchev–Trinajstić information content (AvgIpc) is 3.32. The third kappa shape index (κ3) is 4.27. The quantitative estimate of drug-likeness (QED) is 0.685. The highest BCUT2D eigenvalue weighted by Crippen LogP contribution is 2.37. The van der Waals surface area contributed by atoms with Gasteiger partial charge in [-0.15, -0.1) is 0 Å². The van der Waals surface area contributed by atoms with Crippen LogP contribution in [0.3, 0.4) is 0 Å². The first kappa shape index (κ1) is 19.9. The highest BCUT2D eigenvalue weighted by Gasteiger charge is 2.42. The molecule has 2 atom stereocenters. The van der Waals surface area contributed by atoms with E-state index in [0.29, 0.717) is 5.69 Å². The second kappa shape index (κ2) is 8.53. The van der Waals surface area contributed by atoms with Crippen molar-refractivity contribution in [2.24, 2.45) is 5.92 Å². The van der Waals surface area contributed by atoms with E-state index in [1.807, 2.05) is 60.3 Å². The fourth-order valence-electron chi connectivity index (χ4n) is 4.00. The van der Waals surface area contributed by atoms with Gasteiger partial charge < -0.3 is 10.2 Å². The van der Waals surface area contributed by atoms with Gasteiger partial charge in [0.1, 0.15) is 0 Å². The molecule has 1 N–H and O–H groups in total. The number of aryl methyl sites for hydroxylation is 3. The van der Waals surface area contributed by atoms with Crippen LogP contribution >= 0.6 is 0 Å². The summed E-state index contributed by atoms with van der Waals surface area (Å²) in [5.74, 6) is -0.599. The van der Waals surface area contributed by atoms with Gasteiger partial charge in [0.25, 0.3) is 0 Å². The molecule has 1 aromatic heterocycles. The monoisotopic (exact) mass is 402 g/mol. The fraction of sp³-hybridized carbons (Fsp3) is 0.292. The number of anilines is 1. The van der Waals surface area contributed by atoms with E-state index < -0.39 is 5.92 Å². The van der Waals surface area contributed by atoms with Crippen LogP contribution in [0.1, 0.15) is 29.2 Å². The molecule has 3 aromatic rings. The van der Waals surface area contributed by atoms with Crippen molar-refractivity contribution in [2.45, 2.75) is 32.4 Å². The van der Waals surface area contributed by atoms with E-state index in [-0.39, 0.29) is 24.3 Å². The number of benzene rings is 2. The van der Waals surface area contributed by atoms with Gasteiger partial charge in [-0.1, -0.05) is 60.2 Å². The first-order chi connectivity index (χ1) is 14.5. The molecule has 2 unspecified atom stereocenters. The predicted octanol–water partition coefficient (Wildman–Crippen LogP) is 3.59. The van der Waals surface area contributed by atoms with Crippen LogP contribution in [0.2, 0.25) is 0 Å². The fourth-order valence-corrected chi connectivity index (χ4v) is 4.00. The van der Waals surface area contributed by atoms with E-state index in [1.54, 1.807) is 18.1 Å². The lowest BCUT2D eigenvalue weighted by Gasteiger charge is -2.25. The maximum Gasteiger partial charge on any atom is 0.230 e. The van der Waals surface area contributed by atoms with Crippen LogP contribution in [0.15, 0.2) is 67.0 Å². The molecule has 4 rings (SSSR count). The highest BCUT2D eigenvalue weighted by atomic mass is 16.2. The number of likely N-dealkylation sites (tertiary alicyclic amines) is 1. The lowest BCUT2D eigenvalue weighted by Crippen LogP contribution is -2.29. The Hall–Kier alpha value is -3.41. The van der Waals surface area contributed by atoms with Crippen molar-refractivity contribution in [3.63, 3.8) is 0 Å². The Bertz CT molecular complexity index is 1030. The summed E-state index contributed by atoms with van der Waals surface area (Å²) in [7, 11) is 1.77. The summed E-state index contributed by atoms with van der Waals surface area (Å²) < 4.78 is 1.83. The Morgan fingerprint density at radius 1 is 1.13 bits per heavy atom. The van der Waals surface area contributed by atoms with Gasteiger partial charge in [-0.05, 0) is 24.5 Å². The number of aromatic nitrogens is 2. The lowest BCUT2D eigenvalue weighted by atomic mass is 9.92. The van der Waals surface area contributed by atoms with E-state index in [1.165, 1.54) is 5.56 Å². The molecule has 1 aliphatic rings. The normalized spacial score (nSPS) is 18.6. The van der Waals surface area contributed by atoms with E-state index in [0.717, 1.165) is 24.1 Å². The van der Waals surface area contributed by atoms with Crippen molar-refractivity contribution < 1.29 is 9.59 Å². The summed E-state index contributed by atoms with van der Waals surface area (Å²) in [4.78, 5) is 27.0. The van der Waals surface area contributed by atoms with Crippen LogP contribution in [0, 0.1) is 12.8 Å². The Balaban J connectivity index is 1.43. The van der Waals surface area contributed by atoms with Gasteiger partial charge in [0.2, 0.25) is 11.8 Å². The smallest absolute Gasteiger partial charge is 0.230 e. The summed E-state index contributed by atoms with van der Waals surface area (Å²) in [5.41, 5.74) is 4.02. The minimum Gasteiger partial charge on any atom is -0.338 e. The van der Waals surface area contributed by atoms with Crippen molar-refractivity contribution in [3.05, 3.63) is 83.7 Å². The van der Waals surface area contributed by atoms with Crippen LogP contribution in [-0.4, -0.2) is 33.5 Å². The topological polar surface area (TPSA) is 67.2 Å². The summed E-state index contributed by atoms with van der Waals surface area (Å²) in [6.45, 7) is 2.75. The molecule has 0 spiro atoms. The lowest BCUT2D eigenvalue weighted by molar-refractivity contribution is -0.127. The standard InChI is InChI=1S/C24H26N4O2/c1-17-8-10-19(11-9-17)23-21(14-22(29)27(23)2)24(30)26-20-15-25-28(16-20)13-12-18-6-4-3-5-7-18/h3-11,15-16,21,23H,12-14H2,1-2H3,(H,26,30). The number of amides is 2. The molecule has 2 amide bonds. The molecule has 0 radical (unpaired) electrons. The van der Waals surface area contributed by atoms with E-state index >= 15 is 0 Å². The van der Waals surface area contributed by atoms with Crippen LogP contribution < -0.4 is 5.32 Å². The third-order valence-electron chi connectivity index (χ3n) is 5.72. The van der Waals surface area contributed by atoms with Gasteiger partial charge in [0.05, 0.1) is 23.8 Å². The molecular formula is C24H26N4O2. The summed E-state index contributed by atoms with van der Waals surface area (Å²) in [5, 5.41) is 7.31. The molecule has 1 fully saturated rings. The summed E-state index contributed by atoms with van der Waals surface area (Å²) >= 11 is 0. The second-order valence-electron chi connectivity index (χ2n) is 7.89. The molecule has 6 nitrogen and oxygen atoms in total. The van der Waals surface area contributed by atoms with Crippen molar-refractivity contribution in [3.8, 4) is 0 Å². The zero-order valence-electron chi connectivity index (χ0n) is 17.3. The molecule has 6 heteroatoms. The Morgan fingerprint density at radius 2 is 1.87 bits per heavy atom. The van der Waals surface area contributed by atoms with Gasteiger partial charge in [-0.2, -0.15) is 5.10 Å². The number of nitrogens with zero attached hydrogens (tertiary/aromatic N) is 3. The average molecular weight is 402 g/mol. The molecule has 154 valence electrons. The van der Waals surface area contributed by atoms with Gasteiger partial charge >= 0.3 is 0 Å². The number of nitrogens with one attached hydrogen (secondary N) is 1. The SMILES string of the molecule is Cc1ccc(C2C(C(=O)Nc3cnn(CCc4ccccc4)c3)CC(=O)N2C)cc1. The van der Waals surface area contributed by atoms with Crippen LogP contribution in [-0.2, 0) is 22.6 Å². The number of hydrogen-bond donors (Lipinski definition) is 1. The van der Waals surface area contributed by atoms with E-state index in [9.17, 15) is 9.59 Å². The zero-order chi connectivity index (χ0) is 21.1. The van der Waals surface area contributed by atoms with Crippen LogP contribution in [0.4, 0.5) is 5.69 Å². The first-order valence-electron chi connectivity index (χ1n) is 10.2. The molecule has 2 aromatic carbocycles. The number of carbonyl (C=O) groups is 2. The summed E-state index contributed by atoms with van der Waals surface area (Å²) in [6, 6.07) is 18.0. The Kier molecular flexibility index (Phi) is 5.65. The summed E-state index contributed by atoms with van der Waals surface area (Å²) in [6.07, 6.45) is 4.57. The third-order valence-corrected chi connectivity index (χ3v) is 5.72. The van der Waals surface area contributed by atoms with Crippen molar-refractivity contribution >= 4 is 17.5 Å². The van der Waals surface area contributed by atoms with Gasteiger partial charge in [-0.3, -0.25) is 14.3 Å². The molecule has 30 heavy (non-hydrogen) atoms. The first-order valence-corrected chi connectivity index (χ1v) is 10.2. The minimum atomic E-state index is -0.433. The molecule has 2 heterocycles. The molecule has 0 aliphatic carbocycles. The maximum atomic E-state index is 13.0. The Morgan fingerprint density at radius 3 is 2.60 bits per heavy atom. The zero-order valence-corrected chi connectivity index (χ0v) is 17.3. The minimum absolute atomic E-state index is 0.0146. The highest BCUT2D eigenvalue weighted by molar-refractivity contribution is 5.97. The van der Waals surface area contributed by atoms with Crippen LogP contribution in [0.25, 0.3) is 0 Å². The van der Waals surface area contributed by atoms with Gasteiger partial charge in [0, 0.05) is 26.2 Å². The number of carbonyl (C=O) groups excluding carboxylic acids is 2. The Labute approximate surface area is 176 Å². The van der Waals surface area contributed by atoms with Gasteiger partial charge in [0.15, 0.2) is 0 Å². The van der Waals surface area contributed by atoms with Crippen molar-refractivity contribution in [2.75, 3.05) is 12.4 Å². The van der Waals surface area contributed by atoms with E-state index in [2.05, 4.69) is 22.5 Å². The molecule has 0 saturated carbocycles. The molecule has 0 bridgehead atoms.